The molecule has 0 aliphatic carbocycles. The summed E-state index contributed by atoms with van der Waals surface area (Å²) in [7, 11) is 2.18. The Kier molecular flexibility index (Phi) is 6.50. The monoisotopic (exact) mass is 538 g/mol. The summed E-state index contributed by atoms with van der Waals surface area (Å²) >= 11 is 0. The maximum absolute atomic E-state index is 12.9. The van der Waals surface area contributed by atoms with E-state index in [0.29, 0.717) is 44.5 Å². The molecule has 3 aliphatic heterocycles. The van der Waals surface area contributed by atoms with Crippen LogP contribution in [-0.2, 0) is 16.1 Å². The van der Waals surface area contributed by atoms with E-state index in [-0.39, 0.29) is 5.91 Å². The molecule has 40 heavy (non-hydrogen) atoms. The predicted octanol–water partition coefficient (Wildman–Crippen LogP) is 3.72. The van der Waals surface area contributed by atoms with Gasteiger partial charge in [-0.25, -0.2) is 0 Å². The van der Waals surface area contributed by atoms with E-state index in [2.05, 4.69) is 57.2 Å². The Labute approximate surface area is 233 Å². The molecular formula is C31H34N6O3. The van der Waals surface area contributed by atoms with Gasteiger partial charge in [0, 0.05) is 72.2 Å². The molecule has 4 aromatic rings. The number of benzene rings is 2. The second-order valence-electron chi connectivity index (χ2n) is 11.1. The first kappa shape index (κ1) is 25.2. The number of anilines is 1. The van der Waals surface area contributed by atoms with Gasteiger partial charge in [0.1, 0.15) is 0 Å². The summed E-state index contributed by atoms with van der Waals surface area (Å²) in [6, 6.07) is 14.8. The number of carbonyl (C=O) groups excluding carboxylic acids is 1. The highest BCUT2D eigenvalue weighted by atomic mass is 16.5. The Hall–Kier alpha value is -3.79. The molecule has 3 aliphatic rings. The van der Waals surface area contributed by atoms with Gasteiger partial charge in [-0.15, -0.1) is 10.2 Å². The van der Waals surface area contributed by atoms with Gasteiger partial charge >= 0.3 is 0 Å². The van der Waals surface area contributed by atoms with Crippen LogP contribution in [0.3, 0.4) is 0 Å². The lowest BCUT2D eigenvalue weighted by molar-refractivity contribution is 0.0303. The Morgan fingerprint density at radius 2 is 1.80 bits per heavy atom. The van der Waals surface area contributed by atoms with Crippen molar-refractivity contribution in [1.82, 2.24) is 25.0 Å². The van der Waals surface area contributed by atoms with E-state index < -0.39 is 0 Å². The topological polar surface area (TPSA) is 86.8 Å². The van der Waals surface area contributed by atoms with E-state index in [1.54, 1.807) is 0 Å². The standard InChI is InChI=1S/C31H34N6O3/c1-20-13-23(14-24-18-40-19-25-17-35(2)7-8-37(25)29(20)24)28-15-26-27(16-32-30(26)34-33-28)21-3-5-22(6-4-21)31(38)36-9-11-39-12-10-36/h3-6,13-16,25H,7-12,17-19H2,1-2H3,(H,32,34)/t25-/m1/s1. The van der Waals surface area contributed by atoms with Crippen LogP contribution in [0.2, 0.25) is 0 Å². The normalized spacial score (nSPS) is 19.8. The van der Waals surface area contributed by atoms with Crippen molar-refractivity contribution in [3.05, 3.63) is 65.4 Å². The Bertz CT molecular complexity index is 1560. The zero-order valence-electron chi connectivity index (χ0n) is 23.0. The molecule has 206 valence electrons. The molecule has 2 fully saturated rings. The molecule has 5 heterocycles. The Balaban J connectivity index is 1.20. The Morgan fingerprint density at radius 1 is 0.975 bits per heavy atom. The van der Waals surface area contributed by atoms with Crippen LogP contribution in [0.25, 0.3) is 33.4 Å². The van der Waals surface area contributed by atoms with E-state index in [1.165, 1.54) is 16.8 Å². The van der Waals surface area contributed by atoms with Crippen LogP contribution in [0.4, 0.5) is 5.69 Å². The molecule has 7 rings (SSSR count). The number of morpholine rings is 1. The minimum Gasteiger partial charge on any atom is -0.378 e. The third-order valence-corrected chi connectivity index (χ3v) is 8.39. The van der Waals surface area contributed by atoms with E-state index in [1.807, 2.05) is 35.4 Å². The van der Waals surface area contributed by atoms with Gasteiger partial charge < -0.3 is 29.2 Å². The number of piperazine rings is 1. The zero-order valence-corrected chi connectivity index (χ0v) is 23.0. The summed E-state index contributed by atoms with van der Waals surface area (Å²) in [5.74, 6) is 0.0485. The van der Waals surface area contributed by atoms with Crippen molar-refractivity contribution in [2.75, 3.05) is 64.5 Å². The molecule has 0 spiro atoms. The average Bonchev–Trinajstić information content (AvgIpc) is 3.32. The number of nitrogens with one attached hydrogen (secondary N) is 1. The van der Waals surface area contributed by atoms with Gasteiger partial charge in [-0.1, -0.05) is 12.1 Å². The number of carbonyl (C=O) groups is 1. The fourth-order valence-electron chi connectivity index (χ4n) is 6.32. The predicted molar refractivity (Wildman–Crippen MR) is 155 cm³/mol. The number of hydrogen-bond acceptors (Lipinski definition) is 7. The number of rotatable bonds is 3. The molecule has 2 saturated heterocycles. The first-order valence-corrected chi connectivity index (χ1v) is 14.0. The number of fused-ring (bicyclic) bond motifs is 4. The highest BCUT2D eigenvalue weighted by molar-refractivity contribution is 5.97. The van der Waals surface area contributed by atoms with Gasteiger partial charge in [0.05, 0.1) is 38.2 Å². The van der Waals surface area contributed by atoms with Crippen molar-refractivity contribution < 1.29 is 14.3 Å². The SMILES string of the molecule is Cc1cc(-c2cc3c(-c4ccc(C(=O)N5CCOCC5)cc4)c[nH]c3nn2)cc2c1N1CCN(C)C[C@@H]1COC2. The van der Waals surface area contributed by atoms with E-state index in [0.717, 1.165) is 59.7 Å². The second kappa shape index (κ2) is 10.3. The maximum atomic E-state index is 12.9. The minimum atomic E-state index is 0.0485. The number of aromatic nitrogens is 3. The quantitative estimate of drug-likeness (QED) is 0.426. The summed E-state index contributed by atoms with van der Waals surface area (Å²) in [5, 5.41) is 10.1. The maximum Gasteiger partial charge on any atom is 0.254 e. The number of nitrogens with zero attached hydrogens (tertiary/aromatic N) is 5. The smallest absolute Gasteiger partial charge is 0.254 e. The number of ether oxygens (including phenoxy) is 2. The van der Waals surface area contributed by atoms with Crippen LogP contribution in [0.5, 0.6) is 0 Å². The molecule has 0 unspecified atom stereocenters. The number of aromatic amines is 1. The number of likely N-dealkylation sites (N-methyl/N-ethyl adjacent to an activating group) is 1. The lowest BCUT2D eigenvalue weighted by Crippen LogP contribution is -2.53. The van der Waals surface area contributed by atoms with E-state index >= 15 is 0 Å². The Morgan fingerprint density at radius 3 is 2.62 bits per heavy atom. The molecule has 1 N–H and O–H groups in total. The first-order chi connectivity index (χ1) is 19.5. The number of H-pyrrole nitrogens is 1. The van der Waals surface area contributed by atoms with Gasteiger partial charge in [0.25, 0.3) is 5.91 Å². The van der Waals surface area contributed by atoms with Crippen LogP contribution in [-0.4, -0.2) is 96.5 Å². The van der Waals surface area contributed by atoms with Gasteiger partial charge in [-0.05, 0) is 55.4 Å². The third kappa shape index (κ3) is 4.54. The summed E-state index contributed by atoms with van der Waals surface area (Å²) < 4.78 is 11.5. The number of aryl methyl sites for hydroxylation is 1. The van der Waals surface area contributed by atoms with Crippen LogP contribution < -0.4 is 4.90 Å². The lowest BCUT2D eigenvalue weighted by Gasteiger charge is -2.41. The molecule has 0 saturated carbocycles. The highest BCUT2D eigenvalue weighted by Gasteiger charge is 2.31. The van der Waals surface area contributed by atoms with Gasteiger partial charge in [-0.2, -0.15) is 0 Å². The fourth-order valence-corrected chi connectivity index (χ4v) is 6.32. The summed E-state index contributed by atoms with van der Waals surface area (Å²) in [6.07, 6.45) is 1.96. The van der Waals surface area contributed by atoms with E-state index in [4.69, 9.17) is 9.47 Å². The number of hydrogen-bond donors (Lipinski definition) is 1. The van der Waals surface area contributed by atoms with Crippen molar-refractivity contribution in [1.29, 1.82) is 0 Å². The van der Waals surface area contributed by atoms with Crippen LogP contribution in [0.15, 0.2) is 48.7 Å². The second-order valence-corrected chi connectivity index (χ2v) is 11.1. The third-order valence-electron chi connectivity index (χ3n) is 8.39. The zero-order chi connectivity index (χ0) is 27.2. The van der Waals surface area contributed by atoms with Crippen molar-refractivity contribution in [3.8, 4) is 22.4 Å². The van der Waals surface area contributed by atoms with Crippen LogP contribution in [0.1, 0.15) is 21.5 Å². The summed E-state index contributed by atoms with van der Waals surface area (Å²) in [4.78, 5) is 22.9. The molecule has 0 radical (unpaired) electrons. The molecule has 2 aromatic carbocycles. The lowest BCUT2D eigenvalue weighted by atomic mass is 9.98. The van der Waals surface area contributed by atoms with Crippen molar-refractivity contribution in [2.45, 2.75) is 19.6 Å². The molecular weight excluding hydrogens is 504 g/mol. The summed E-state index contributed by atoms with van der Waals surface area (Å²) in [5.41, 5.74) is 9.12. The van der Waals surface area contributed by atoms with Crippen molar-refractivity contribution in [2.24, 2.45) is 0 Å². The van der Waals surface area contributed by atoms with E-state index in [9.17, 15) is 4.79 Å². The molecule has 2 aromatic heterocycles. The fraction of sp³-hybridized carbons (Fsp3) is 0.387. The van der Waals surface area contributed by atoms with Gasteiger partial charge in [0.15, 0.2) is 5.65 Å². The molecule has 9 heteroatoms. The van der Waals surface area contributed by atoms with Gasteiger partial charge in [0.2, 0.25) is 0 Å². The van der Waals surface area contributed by atoms with Crippen LogP contribution in [0, 0.1) is 6.92 Å². The highest BCUT2D eigenvalue weighted by Crippen LogP contribution is 2.37. The van der Waals surface area contributed by atoms with Crippen LogP contribution >= 0.6 is 0 Å². The molecule has 0 bridgehead atoms. The van der Waals surface area contributed by atoms with Gasteiger partial charge in [-0.3, -0.25) is 4.79 Å². The number of amides is 1. The van der Waals surface area contributed by atoms with Crippen molar-refractivity contribution >= 4 is 22.6 Å². The largest absolute Gasteiger partial charge is 0.378 e. The first-order valence-electron chi connectivity index (χ1n) is 14.0. The summed E-state index contributed by atoms with van der Waals surface area (Å²) in [6.45, 7) is 9.06. The average molecular weight is 539 g/mol. The molecule has 1 amide bonds. The molecule has 1 atom stereocenters. The van der Waals surface area contributed by atoms with Crippen molar-refractivity contribution in [3.63, 3.8) is 0 Å². The minimum absolute atomic E-state index is 0.0485. The molecule has 9 nitrogen and oxygen atoms in total.